The van der Waals surface area contributed by atoms with Gasteiger partial charge in [0.2, 0.25) is 0 Å². The number of aromatic amines is 1. The van der Waals surface area contributed by atoms with Crippen LogP contribution in [0.1, 0.15) is 10.5 Å². The van der Waals surface area contributed by atoms with Gasteiger partial charge in [-0.2, -0.15) is 0 Å². The van der Waals surface area contributed by atoms with E-state index in [0.29, 0.717) is 5.69 Å². The van der Waals surface area contributed by atoms with E-state index in [1.165, 1.54) is 0 Å². The zero-order valence-electron chi connectivity index (χ0n) is 7.03. The number of carbonyl (C=O) groups excluding carboxylic acids is 1. The first-order chi connectivity index (χ1) is 6.27. The molecule has 0 spiro atoms. The lowest BCUT2D eigenvalue weighted by atomic mass is 10.3. The van der Waals surface area contributed by atoms with Crippen LogP contribution in [0.4, 0.5) is 0 Å². The standard InChI is InChI=1S/C8H12N2O3/c11-4-6(5-12)10-8(13)7-2-1-3-9-7/h1-3,6,9,11-12H,4-5H2,(H,10,13). The summed E-state index contributed by atoms with van der Waals surface area (Å²) < 4.78 is 0. The van der Waals surface area contributed by atoms with Crippen LogP contribution in [0.15, 0.2) is 18.3 Å². The molecule has 0 bridgehead atoms. The summed E-state index contributed by atoms with van der Waals surface area (Å²) in [7, 11) is 0. The zero-order chi connectivity index (χ0) is 9.68. The fourth-order valence-electron chi connectivity index (χ4n) is 0.884. The largest absolute Gasteiger partial charge is 0.394 e. The fraction of sp³-hybridized carbons (Fsp3) is 0.375. The summed E-state index contributed by atoms with van der Waals surface area (Å²) >= 11 is 0. The molecule has 5 nitrogen and oxygen atoms in total. The van der Waals surface area contributed by atoms with Crippen LogP contribution in [0.25, 0.3) is 0 Å². The Hall–Kier alpha value is -1.33. The number of rotatable bonds is 4. The van der Waals surface area contributed by atoms with Crippen molar-refractivity contribution in [1.29, 1.82) is 0 Å². The molecule has 1 aromatic heterocycles. The van der Waals surface area contributed by atoms with E-state index in [4.69, 9.17) is 10.2 Å². The topological polar surface area (TPSA) is 85.3 Å². The molecule has 0 unspecified atom stereocenters. The second kappa shape index (κ2) is 4.64. The summed E-state index contributed by atoms with van der Waals surface area (Å²) in [5, 5.41) is 19.8. The van der Waals surface area contributed by atoms with Crippen LogP contribution in [-0.4, -0.2) is 40.4 Å². The van der Waals surface area contributed by atoms with Crippen molar-refractivity contribution in [3.8, 4) is 0 Å². The van der Waals surface area contributed by atoms with Crippen molar-refractivity contribution in [1.82, 2.24) is 10.3 Å². The Morgan fingerprint density at radius 1 is 1.54 bits per heavy atom. The fourth-order valence-corrected chi connectivity index (χ4v) is 0.884. The Morgan fingerprint density at radius 3 is 2.69 bits per heavy atom. The summed E-state index contributed by atoms with van der Waals surface area (Å²) in [6, 6.07) is 2.71. The molecule has 72 valence electrons. The van der Waals surface area contributed by atoms with E-state index < -0.39 is 6.04 Å². The maximum atomic E-state index is 11.3. The molecule has 5 heteroatoms. The van der Waals surface area contributed by atoms with Crippen molar-refractivity contribution in [2.24, 2.45) is 0 Å². The molecule has 0 saturated heterocycles. The van der Waals surface area contributed by atoms with Gasteiger partial charge in [-0.1, -0.05) is 0 Å². The van der Waals surface area contributed by atoms with E-state index in [9.17, 15) is 4.79 Å². The molecule has 1 aromatic rings. The zero-order valence-corrected chi connectivity index (χ0v) is 7.03. The smallest absolute Gasteiger partial charge is 0.268 e. The molecular formula is C8H12N2O3. The van der Waals surface area contributed by atoms with Gasteiger partial charge < -0.3 is 20.5 Å². The quantitative estimate of drug-likeness (QED) is 0.489. The molecule has 0 aliphatic rings. The van der Waals surface area contributed by atoms with Crippen molar-refractivity contribution < 1.29 is 15.0 Å². The Bertz CT molecular complexity index is 254. The van der Waals surface area contributed by atoms with Crippen molar-refractivity contribution >= 4 is 5.91 Å². The number of H-pyrrole nitrogens is 1. The van der Waals surface area contributed by atoms with Crippen LogP contribution < -0.4 is 5.32 Å². The van der Waals surface area contributed by atoms with Gasteiger partial charge in [0, 0.05) is 6.20 Å². The predicted molar refractivity (Wildman–Crippen MR) is 46.2 cm³/mol. The minimum atomic E-state index is -0.601. The molecule has 0 aromatic carbocycles. The first-order valence-electron chi connectivity index (χ1n) is 3.94. The SMILES string of the molecule is O=C(NC(CO)CO)c1ccc[nH]1. The van der Waals surface area contributed by atoms with Gasteiger partial charge in [0.05, 0.1) is 19.3 Å². The monoisotopic (exact) mass is 184 g/mol. The first-order valence-corrected chi connectivity index (χ1v) is 3.94. The molecule has 1 amide bonds. The van der Waals surface area contributed by atoms with Crippen molar-refractivity contribution in [2.45, 2.75) is 6.04 Å². The van der Waals surface area contributed by atoms with Crippen molar-refractivity contribution in [3.63, 3.8) is 0 Å². The van der Waals surface area contributed by atoms with Gasteiger partial charge in [-0.25, -0.2) is 0 Å². The molecule has 1 heterocycles. The van der Waals surface area contributed by atoms with Gasteiger partial charge >= 0.3 is 0 Å². The summed E-state index contributed by atoms with van der Waals surface area (Å²) in [6.07, 6.45) is 1.63. The molecule has 13 heavy (non-hydrogen) atoms. The summed E-state index contributed by atoms with van der Waals surface area (Å²) in [4.78, 5) is 14.0. The third-order valence-electron chi connectivity index (χ3n) is 1.62. The lowest BCUT2D eigenvalue weighted by molar-refractivity contribution is 0.0875. The number of carbonyl (C=O) groups is 1. The molecule has 0 radical (unpaired) electrons. The van der Waals surface area contributed by atoms with Crippen LogP contribution in [0.2, 0.25) is 0 Å². The van der Waals surface area contributed by atoms with Gasteiger partial charge in [-0.15, -0.1) is 0 Å². The maximum absolute atomic E-state index is 11.3. The lowest BCUT2D eigenvalue weighted by Crippen LogP contribution is -2.40. The highest BCUT2D eigenvalue weighted by Gasteiger charge is 2.11. The van der Waals surface area contributed by atoms with Gasteiger partial charge in [0.15, 0.2) is 0 Å². The summed E-state index contributed by atoms with van der Waals surface area (Å²) in [6.45, 7) is -0.550. The van der Waals surface area contributed by atoms with E-state index in [0.717, 1.165) is 0 Å². The van der Waals surface area contributed by atoms with Crippen LogP contribution in [0, 0.1) is 0 Å². The number of hydrogen-bond donors (Lipinski definition) is 4. The van der Waals surface area contributed by atoms with Gasteiger partial charge in [-0.05, 0) is 12.1 Å². The Kier molecular flexibility index (Phi) is 3.48. The lowest BCUT2D eigenvalue weighted by Gasteiger charge is -2.11. The van der Waals surface area contributed by atoms with Gasteiger partial charge in [0.25, 0.3) is 5.91 Å². The number of aliphatic hydroxyl groups excluding tert-OH is 2. The van der Waals surface area contributed by atoms with Crippen molar-refractivity contribution in [3.05, 3.63) is 24.0 Å². The molecule has 4 N–H and O–H groups in total. The average molecular weight is 184 g/mol. The third kappa shape index (κ3) is 2.57. The van der Waals surface area contributed by atoms with E-state index in [1.54, 1.807) is 18.3 Å². The Balaban J connectivity index is 2.50. The molecule has 0 fully saturated rings. The third-order valence-corrected chi connectivity index (χ3v) is 1.62. The first kappa shape index (κ1) is 9.76. The maximum Gasteiger partial charge on any atom is 0.268 e. The van der Waals surface area contributed by atoms with E-state index >= 15 is 0 Å². The highest BCUT2D eigenvalue weighted by atomic mass is 16.3. The second-order valence-electron chi connectivity index (χ2n) is 2.62. The second-order valence-corrected chi connectivity index (χ2v) is 2.62. The van der Waals surface area contributed by atoms with E-state index in [-0.39, 0.29) is 19.1 Å². The van der Waals surface area contributed by atoms with Crippen LogP contribution in [0.3, 0.4) is 0 Å². The molecule has 0 aliphatic carbocycles. The number of nitrogens with one attached hydrogen (secondary N) is 2. The number of hydrogen-bond acceptors (Lipinski definition) is 3. The normalized spacial score (nSPS) is 10.4. The number of aliphatic hydroxyl groups is 2. The summed E-state index contributed by atoms with van der Waals surface area (Å²) in [5.74, 6) is -0.335. The Morgan fingerprint density at radius 2 is 2.23 bits per heavy atom. The van der Waals surface area contributed by atoms with Crippen molar-refractivity contribution in [2.75, 3.05) is 13.2 Å². The molecule has 0 atom stereocenters. The molecular weight excluding hydrogens is 172 g/mol. The predicted octanol–water partition coefficient (Wildman–Crippen LogP) is -0.902. The van der Waals surface area contributed by atoms with E-state index in [2.05, 4.69) is 10.3 Å². The molecule has 0 saturated carbocycles. The van der Waals surface area contributed by atoms with Gasteiger partial charge in [-0.3, -0.25) is 4.79 Å². The van der Waals surface area contributed by atoms with Crippen LogP contribution >= 0.6 is 0 Å². The van der Waals surface area contributed by atoms with Crippen LogP contribution in [0.5, 0.6) is 0 Å². The Labute approximate surface area is 75.4 Å². The highest BCUT2D eigenvalue weighted by molar-refractivity contribution is 5.92. The van der Waals surface area contributed by atoms with Crippen LogP contribution in [-0.2, 0) is 0 Å². The van der Waals surface area contributed by atoms with Gasteiger partial charge in [0.1, 0.15) is 5.69 Å². The molecule has 0 aliphatic heterocycles. The molecule has 1 rings (SSSR count). The minimum Gasteiger partial charge on any atom is -0.394 e. The summed E-state index contributed by atoms with van der Waals surface area (Å²) in [5.41, 5.74) is 0.409. The highest BCUT2D eigenvalue weighted by Crippen LogP contribution is 1.94. The van der Waals surface area contributed by atoms with E-state index in [1.807, 2.05) is 0 Å². The number of amides is 1. The average Bonchev–Trinajstić information content (AvgIpc) is 2.66. The minimum absolute atomic E-state index is 0.275. The number of aromatic nitrogens is 1.